The van der Waals surface area contributed by atoms with E-state index in [1.165, 1.54) is 6.33 Å². The summed E-state index contributed by atoms with van der Waals surface area (Å²) in [5, 5.41) is 3.47. The SMILES string of the molecule is CCCCN(C)c1cc(C(=O)NCc2ccccc2Cl)ncn1. The Morgan fingerprint density at radius 1 is 1.30 bits per heavy atom. The van der Waals surface area contributed by atoms with Gasteiger partial charge in [-0.05, 0) is 18.1 Å². The first-order valence-corrected chi connectivity index (χ1v) is 8.04. The lowest BCUT2D eigenvalue weighted by molar-refractivity contribution is 0.0946. The number of nitrogens with one attached hydrogen (secondary N) is 1. The van der Waals surface area contributed by atoms with Crippen molar-refractivity contribution in [2.45, 2.75) is 26.3 Å². The molecule has 1 N–H and O–H groups in total. The van der Waals surface area contributed by atoms with Crippen molar-refractivity contribution in [1.29, 1.82) is 0 Å². The summed E-state index contributed by atoms with van der Waals surface area (Å²) in [6.45, 7) is 3.40. The van der Waals surface area contributed by atoms with Crippen molar-refractivity contribution in [3.8, 4) is 0 Å². The van der Waals surface area contributed by atoms with E-state index in [4.69, 9.17) is 11.6 Å². The van der Waals surface area contributed by atoms with Crippen molar-refractivity contribution in [3.05, 3.63) is 52.9 Å². The molecule has 0 unspecified atom stereocenters. The van der Waals surface area contributed by atoms with E-state index in [1.54, 1.807) is 12.1 Å². The fraction of sp³-hybridized carbons (Fsp3) is 0.353. The second-order valence-corrected chi connectivity index (χ2v) is 5.72. The first kappa shape index (κ1) is 17.2. The van der Waals surface area contributed by atoms with Gasteiger partial charge in [0.2, 0.25) is 0 Å². The van der Waals surface area contributed by atoms with Crippen LogP contribution in [-0.4, -0.2) is 29.5 Å². The molecule has 0 aliphatic heterocycles. The molecular weight excluding hydrogens is 312 g/mol. The Labute approximate surface area is 141 Å². The summed E-state index contributed by atoms with van der Waals surface area (Å²) in [6, 6.07) is 9.13. The van der Waals surface area contributed by atoms with Crippen molar-refractivity contribution >= 4 is 23.3 Å². The molecule has 1 amide bonds. The fourth-order valence-electron chi connectivity index (χ4n) is 2.10. The zero-order valence-corrected chi connectivity index (χ0v) is 14.2. The van der Waals surface area contributed by atoms with Crippen LogP contribution in [0.1, 0.15) is 35.8 Å². The third-order valence-corrected chi connectivity index (χ3v) is 3.89. The number of hydrogen-bond donors (Lipinski definition) is 1. The van der Waals surface area contributed by atoms with E-state index in [1.807, 2.05) is 30.1 Å². The van der Waals surface area contributed by atoms with E-state index in [0.29, 0.717) is 17.3 Å². The van der Waals surface area contributed by atoms with E-state index in [2.05, 4.69) is 22.2 Å². The Bertz CT molecular complexity index is 663. The number of rotatable bonds is 7. The average molecular weight is 333 g/mol. The molecule has 6 heteroatoms. The molecule has 1 aromatic carbocycles. The second-order valence-electron chi connectivity index (χ2n) is 5.31. The van der Waals surface area contributed by atoms with E-state index < -0.39 is 0 Å². The van der Waals surface area contributed by atoms with Crippen LogP contribution in [0.5, 0.6) is 0 Å². The van der Waals surface area contributed by atoms with Crippen molar-refractivity contribution in [1.82, 2.24) is 15.3 Å². The molecular formula is C17H21ClN4O. The second kappa shape index (κ2) is 8.48. The third-order valence-electron chi connectivity index (χ3n) is 3.52. The summed E-state index contributed by atoms with van der Waals surface area (Å²) in [4.78, 5) is 22.6. The molecule has 0 saturated heterocycles. The zero-order chi connectivity index (χ0) is 16.7. The van der Waals surface area contributed by atoms with Gasteiger partial charge in [-0.25, -0.2) is 9.97 Å². The Morgan fingerprint density at radius 3 is 2.83 bits per heavy atom. The predicted octanol–water partition coefficient (Wildman–Crippen LogP) is 3.30. The molecule has 0 radical (unpaired) electrons. The molecule has 1 heterocycles. The van der Waals surface area contributed by atoms with Gasteiger partial charge in [0, 0.05) is 31.2 Å². The molecule has 2 aromatic rings. The Balaban J connectivity index is 2.01. The van der Waals surface area contributed by atoms with Gasteiger partial charge in [-0.15, -0.1) is 0 Å². The van der Waals surface area contributed by atoms with Crippen LogP contribution in [0.3, 0.4) is 0 Å². The van der Waals surface area contributed by atoms with Crippen molar-refractivity contribution in [2.24, 2.45) is 0 Å². The number of hydrogen-bond acceptors (Lipinski definition) is 4. The van der Waals surface area contributed by atoms with E-state index in [0.717, 1.165) is 30.8 Å². The van der Waals surface area contributed by atoms with Crippen LogP contribution in [0.4, 0.5) is 5.82 Å². The van der Waals surface area contributed by atoms with E-state index >= 15 is 0 Å². The van der Waals surface area contributed by atoms with Crippen LogP contribution in [0.2, 0.25) is 5.02 Å². The zero-order valence-electron chi connectivity index (χ0n) is 13.4. The highest BCUT2D eigenvalue weighted by Crippen LogP contribution is 2.15. The molecule has 0 aliphatic carbocycles. The smallest absolute Gasteiger partial charge is 0.270 e. The first-order valence-electron chi connectivity index (χ1n) is 7.66. The number of anilines is 1. The van der Waals surface area contributed by atoms with Crippen molar-refractivity contribution in [2.75, 3.05) is 18.5 Å². The van der Waals surface area contributed by atoms with Gasteiger partial charge in [-0.3, -0.25) is 4.79 Å². The molecule has 0 fully saturated rings. The van der Waals surface area contributed by atoms with Gasteiger partial charge in [0.1, 0.15) is 17.8 Å². The molecule has 0 bridgehead atoms. The molecule has 0 atom stereocenters. The summed E-state index contributed by atoms with van der Waals surface area (Å²) in [7, 11) is 1.96. The summed E-state index contributed by atoms with van der Waals surface area (Å²) >= 11 is 6.09. The lowest BCUT2D eigenvalue weighted by Crippen LogP contribution is -2.25. The summed E-state index contributed by atoms with van der Waals surface area (Å²) in [6.07, 6.45) is 3.61. The predicted molar refractivity (Wildman–Crippen MR) is 92.8 cm³/mol. The van der Waals surface area contributed by atoms with Crippen molar-refractivity contribution in [3.63, 3.8) is 0 Å². The topological polar surface area (TPSA) is 58.1 Å². The highest BCUT2D eigenvalue weighted by Gasteiger charge is 2.11. The van der Waals surface area contributed by atoms with Gasteiger partial charge in [0.15, 0.2) is 0 Å². The van der Waals surface area contributed by atoms with Crippen molar-refractivity contribution < 1.29 is 4.79 Å². The number of aromatic nitrogens is 2. The lowest BCUT2D eigenvalue weighted by atomic mass is 10.2. The quantitative estimate of drug-likeness (QED) is 0.845. The minimum Gasteiger partial charge on any atom is -0.360 e. The van der Waals surface area contributed by atoms with E-state index in [-0.39, 0.29) is 5.91 Å². The number of nitrogens with zero attached hydrogens (tertiary/aromatic N) is 3. The minimum absolute atomic E-state index is 0.238. The first-order chi connectivity index (χ1) is 11.1. The number of benzene rings is 1. The molecule has 0 spiro atoms. The molecule has 1 aromatic heterocycles. The average Bonchev–Trinajstić information content (AvgIpc) is 2.58. The maximum Gasteiger partial charge on any atom is 0.270 e. The highest BCUT2D eigenvalue weighted by molar-refractivity contribution is 6.31. The van der Waals surface area contributed by atoms with Crippen LogP contribution in [0, 0.1) is 0 Å². The largest absolute Gasteiger partial charge is 0.360 e. The monoisotopic (exact) mass is 332 g/mol. The van der Waals surface area contributed by atoms with Gasteiger partial charge in [0.05, 0.1) is 0 Å². The molecule has 5 nitrogen and oxygen atoms in total. The molecule has 23 heavy (non-hydrogen) atoms. The summed E-state index contributed by atoms with van der Waals surface area (Å²) < 4.78 is 0. The fourth-order valence-corrected chi connectivity index (χ4v) is 2.30. The Kier molecular flexibility index (Phi) is 6.35. The maximum absolute atomic E-state index is 12.3. The maximum atomic E-state index is 12.3. The van der Waals surface area contributed by atoms with Gasteiger partial charge in [0.25, 0.3) is 5.91 Å². The van der Waals surface area contributed by atoms with Gasteiger partial charge in [-0.1, -0.05) is 43.1 Å². The van der Waals surface area contributed by atoms with Crippen LogP contribution >= 0.6 is 11.6 Å². The molecule has 0 saturated carbocycles. The number of carbonyl (C=O) groups is 1. The number of carbonyl (C=O) groups excluding carboxylic acids is 1. The van der Waals surface area contributed by atoms with Gasteiger partial charge < -0.3 is 10.2 Å². The van der Waals surface area contributed by atoms with Crippen LogP contribution in [-0.2, 0) is 6.54 Å². The number of unbranched alkanes of at least 4 members (excludes halogenated alkanes) is 1. The van der Waals surface area contributed by atoms with E-state index in [9.17, 15) is 4.79 Å². The summed E-state index contributed by atoms with van der Waals surface area (Å²) in [5.74, 6) is 0.508. The van der Waals surface area contributed by atoms with Crippen LogP contribution in [0.15, 0.2) is 36.7 Å². The van der Waals surface area contributed by atoms with Crippen LogP contribution < -0.4 is 10.2 Å². The lowest BCUT2D eigenvalue weighted by Gasteiger charge is -2.17. The third kappa shape index (κ3) is 4.93. The highest BCUT2D eigenvalue weighted by atomic mass is 35.5. The number of halogens is 1. The molecule has 2 rings (SSSR count). The van der Waals surface area contributed by atoms with Crippen LogP contribution in [0.25, 0.3) is 0 Å². The normalized spacial score (nSPS) is 10.4. The minimum atomic E-state index is -0.238. The van der Waals surface area contributed by atoms with Gasteiger partial charge in [-0.2, -0.15) is 0 Å². The molecule has 0 aliphatic rings. The Hall–Kier alpha value is -2.14. The summed E-state index contributed by atoms with van der Waals surface area (Å²) in [5.41, 5.74) is 1.22. The van der Waals surface area contributed by atoms with Gasteiger partial charge >= 0.3 is 0 Å². The Morgan fingerprint density at radius 2 is 2.09 bits per heavy atom. The standard InChI is InChI=1S/C17H21ClN4O/c1-3-4-9-22(2)16-10-15(20-12-21-16)17(23)19-11-13-7-5-6-8-14(13)18/h5-8,10,12H,3-4,9,11H2,1-2H3,(H,19,23). The molecule has 122 valence electrons. The number of amides is 1.